The van der Waals surface area contributed by atoms with E-state index in [2.05, 4.69) is 0 Å². The lowest BCUT2D eigenvalue weighted by molar-refractivity contribution is 0.397. The van der Waals surface area contributed by atoms with Crippen molar-refractivity contribution in [2.75, 3.05) is 7.05 Å². The Bertz CT molecular complexity index is 733. The van der Waals surface area contributed by atoms with Crippen molar-refractivity contribution in [2.24, 2.45) is 0 Å². The molecule has 0 aliphatic rings. The van der Waals surface area contributed by atoms with Gasteiger partial charge in [0.1, 0.15) is 0 Å². The molecule has 2 aromatic carbocycles. The van der Waals surface area contributed by atoms with E-state index in [-0.39, 0.29) is 4.90 Å². The average molecular weight is 311 g/mol. The van der Waals surface area contributed by atoms with Crippen molar-refractivity contribution in [1.29, 1.82) is 0 Å². The molecule has 6 heteroatoms. The third kappa shape index (κ3) is 3.11. The molecule has 0 aliphatic heterocycles. The lowest BCUT2D eigenvalue weighted by atomic mass is 10.1. The molecule has 1 atom stereocenters. The van der Waals surface area contributed by atoms with E-state index in [1.54, 1.807) is 6.92 Å². The molecule has 0 aromatic heterocycles. The van der Waals surface area contributed by atoms with Gasteiger partial charge in [0.05, 0.1) is 4.90 Å². The monoisotopic (exact) mass is 311 g/mol. The minimum absolute atomic E-state index is 0.272. The van der Waals surface area contributed by atoms with Crippen LogP contribution in [-0.4, -0.2) is 19.8 Å². The van der Waals surface area contributed by atoms with Gasteiger partial charge in [-0.1, -0.05) is 30.3 Å². The lowest BCUT2D eigenvalue weighted by Crippen LogP contribution is -2.29. The van der Waals surface area contributed by atoms with E-state index in [1.807, 2.05) is 30.3 Å². The van der Waals surface area contributed by atoms with E-state index in [4.69, 9.17) is 0 Å². The minimum atomic E-state index is -3.90. The Morgan fingerprint density at radius 2 is 1.62 bits per heavy atom. The Balaban J connectivity index is 2.36. The zero-order chi connectivity index (χ0) is 15.6. The molecule has 0 N–H and O–H groups in total. The van der Waals surface area contributed by atoms with Crippen molar-refractivity contribution in [2.45, 2.75) is 17.9 Å². The average Bonchev–Trinajstić information content (AvgIpc) is 2.49. The summed E-state index contributed by atoms with van der Waals surface area (Å²) in [5.74, 6) is -2.26. The summed E-state index contributed by atoms with van der Waals surface area (Å²) >= 11 is 0. The first-order valence-electron chi connectivity index (χ1n) is 6.32. The fourth-order valence-corrected chi connectivity index (χ4v) is 3.32. The SMILES string of the molecule is CC(c1ccccc1)N(C)S(=O)(=O)c1ccc(F)c(F)c1. The largest absolute Gasteiger partial charge is 0.243 e. The van der Waals surface area contributed by atoms with Gasteiger partial charge in [-0.15, -0.1) is 0 Å². The van der Waals surface area contributed by atoms with Gasteiger partial charge < -0.3 is 0 Å². The molecule has 0 fully saturated rings. The van der Waals surface area contributed by atoms with Crippen molar-refractivity contribution in [3.63, 3.8) is 0 Å². The Hall–Kier alpha value is -1.79. The number of benzene rings is 2. The van der Waals surface area contributed by atoms with E-state index in [1.165, 1.54) is 7.05 Å². The highest BCUT2D eigenvalue weighted by Crippen LogP contribution is 2.26. The van der Waals surface area contributed by atoms with E-state index < -0.39 is 27.7 Å². The number of rotatable bonds is 4. The van der Waals surface area contributed by atoms with Crippen LogP contribution >= 0.6 is 0 Å². The highest BCUT2D eigenvalue weighted by molar-refractivity contribution is 7.89. The predicted molar refractivity (Wildman–Crippen MR) is 76.2 cm³/mol. The fraction of sp³-hybridized carbons (Fsp3) is 0.200. The van der Waals surface area contributed by atoms with Gasteiger partial charge in [0.15, 0.2) is 11.6 Å². The summed E-state index contributed by atoms with van der Waals surface area (Å²) in [5.41, 5.74) is 0.811. The number of hydrogen-bond acceptors (Lipinski definition) is 2. The molecule has 21 heavy (non-hydrogen) atoms. The molecule has 2 aromatic rings. The molecule has 0 saturated carbocycles. The summed E-state index contributed by atoms with van der Waals surface area (Å²) < 4.78 is 52.2. The van der Waals surface area contributed by atoms with E-state index in [9.17, 15) is 17.2 Å². The third-order valence-corrected chi connectivity index (χ3v) is 5.32. The van der Waals surface area contributed by atoms with Gasteiger partial charge >= 0.3 is 0 Å². The molecule has 1 unspecified atom stereocenters. The highest BCUT2D eigenvalue weighted by Gasteiger charge is 2.27. The summed E-state index contributed by atoms with van der Waals surface area (Å²) in [7, 11) is -2.49. The first kappa shape index (κ1) is 15.6. The van der Waals surface area contributed by atoms with Crippen molar-refractivity contribution >= 4 is 10.0 Å². The molecule has 2 rings (SSSR count). The maximum Gasteiger partial charge on any atom is 0.243 e. The Morgan fingerprint density at radius 1 is 1.00 bits per heavy atom. The van der Waals surface area contributed by atoms with Gasteiger partial charge in [-0.05, 0) is 30.7 Å². The van der Waals surface area contributed by atoms with Gasteiger partial charge in [0, 0.05) is 13.1 Å². The van der Waals surface area contributed by atoms with Gasteiger partial charge in [0.25, 0.3) is 0 Å². The molecule has 112 valence electrons. The van der Waals surface area contributed by atoms with Crippen molar-refractivity contribution in [1.82, 2.24) is 4.31 Å². The van der Waals surface area contributed by atoms with Crippen molar-refractivity contribution in [3.05, 3.63) is 65.7 Å². The summed E-state index contributed by atoms with van der Waals surface area (Å²) in [6.07, 6.45) is 0. The molecule has 0 heterocycles. The minimum Gasteiger partial charge on any atom is -0.207 e. The number of nitrogens with zero attached hydrogens (tertiary/aromatic N) is 1. The molecule has 0 radical (unpaired) electrons. The van der Waals surface area contributed by atoms with Crippen LogP contribution in [0.25, 0.3) is 0 Å². The second-order valence-corrected chi connectivity index (χ2v) is 6.68. The highest BCUT2D eigenvalue weighted by atomic mass is 32.2. The molecule has 0 aliphatic carbocycles. The molecule has 0 spiro atoms. The van der Waals surface area contributed by atoms with E-state index in [0.29, 0.717) is 6.07 Å². The predicted octanol–water partition coefficient (Wildman–Crippen LogP) is 3.35. The van der Waals surface area contributed by atoms with Crippen LogP contribution in [0.2, 0.25) is 0 Å². The number of halogens is 2. The Labute approximate surface area is 122 Å². The first-order chi connectivity index (χ1) is 9.84. The zero-order valence-electron chi connectivity index (χ0n) is 11.6. The molecule has 0 bridgehead atoms. The van der Waals surface area contributed by atoms with Crippen LogP contribution in [0.4, 0.5) is 8.78 Å². The summed E-state index contributed by atoms with van der Waals surface area (Å²) in [6, 6.07) is 11.2. The summed E-state index contributed by atoms with van der Waals surface area (Å²) in [5, 5.41) is 0. The van der Waals surface area contributed by atoms with Gasteiger partial charge in [0.2, 0.25) is 10.0 Å². The van der Waals surface area contributed by atoms with Crippen LogP contribution in [0.5, 0.6) is 0 Å². The second kappa shape index (κ2) is 5.91. The maximum atomic E-state index is 13.2. The third-order valence-electron chi connectivity index (χ3n) is 3.40. The normalized spacial score (nSPS) is 13.4. The van der Waals surface area contributed by atoms with Crippen LogP contribution in [0.15, 0.2) is 53.4 Å². The topological polar surface area (TPSA) is 37.4 Å². The quantitative estimate of drug-likeness (QED) is 0.868. The lowest BCUT2D eigenvalue weighted by Gasteiger charge is -2.24. The van der Waals surface area contributed by atoms with Gasteiger partial charge in [-0.3, -0.25) is 0 Å². The van der Waals surface area contributed by atoms with Crippen LogP contribution in [-0.2, 0) is 10.0 Å². The van der Waals surface area contributed by atoms with Crippen LogP contribution in [0, 0.1) is 11.6 Å². The van der Waals surface area contributed by atoms with Crippen LogP contribution < -0.4 is 0 Å². The second-order valence-electron chi connectivity index (χ2n) is 4.68. The zero-order valence-corrected chi connectivity index (χ0v) is 12.4. The van der Waals surface area contributed by atoms with Crippen LogP contribution in [0.3, 0.4) is 0 Å². The maximum absolute atomic E-state index is 13.2. The molecular weight excluding hydrogens is 296 g/mol. The smallest absolute Gasteiger partial charge is 0.207 e. The summed E-state index contributed by atoms with van der Waals surface area (Å²) in [4.78, 5) is -0.272. The molecule has 0 amide bonds. The van der Waals surface area contributed by atoms with Crippen LogP contribution in [0.1, 0.15) is 18.5 Å². The number of sulfonamides is 1. The first-order valence-corrected chi connectivity index (χ1v) is 7.76. The molecular formula is C15H15F2NO2S. The Kier molecular flexibility index (Phi) is 4.39. The van der Waals surface area contributed by atoms with E-state index in [0.717, 1.165) is 22.0 Å². The standard InChI is InChI=1S/C15H15F2NO2S/c1-11(12-6-4-3-5-7-12)18(2)21(19,20)13-8-9-14(16)15(17)10-13/h3-11H,1-2H3. The molecule has 3 nitrogen and oxygen atoms in total. The van der Waals surface area contributed by atoms with Gasteiger partial charge in [-0.2, -0.15) is 4.31 Å². The van der Waals surface area contributed by atoms with Gasteiger partial charge in [-0.25, -0.2) is 17.2 Å². The van der Waals surface area contributed by atoms with Crippen molar-refractivity contribution in [3.8, 4) is 0 Å². The van der Waals surface area contributed by atoms with Crippen molar-refractivity contribution < 1.29 is 17.2 Å². The number of hydrogen-bond donors (Lipinski definition) is 0. The van der Waals surface area contributed by atoms with E-state index >= 15 is 0 Å². The fourth-order valence-electron chi connectivity index (χ4n) is 1.95. The summed E-state index contributed by atoms with van der Waals surface area (Å²) in [6.45, 7) is 1.73. The Morgan fingerprint density at radius 3 is 2.19 bits per heavy atom. The molecule has 0 saturated heterocycles.